The van der Waals surface area contributed by atoms with E-state index in [1.165, 1.54) is 0 Å². The number of carbonyl (C=O) groups is 1. The highest BCUT2D eigenvalue weighted by Gasteiger charge is 2.29. The summed E-state index contributed by atoms with van der Waals surface area (Å²) in [5.74, 6) is 0.834. The molecule has 0 unspecified atom stereocenters. The Balaban J connectivity index is 1.62. The average molecular weight is 335 g/mol. The smallest absolute Gasteiger partial charge is 0.234 e. The summed E-state index contributed by atoms with van der Waals surface area (Å²) in [5.41, 5.74) is 2.97. The van der Waals surface area contributed by atoms with Crippen molar-refractivity contribution in [1.29, 1.82) is 0 Å². The van der Waals surface area contributed by atoms with E-state index in [1.54, 1.807) is 18.6 Å². The van der Waals surface area contributed by atoms with Crippen molar-refractivity contribution >= 4 is 11.7 Å². The van der Waals surface area contributed by atoms with Gasteiger partial charge in [0, 0.05) is 37.0 Å². The summed E-state index contributed by atoms with van der Waals surface area (Å²) in [6, 6.07) is 5.92. The van der Waals surface area contributed by atoms with Crippen LogP contribution in [-0.2, 0) is 11.2 Å². The number of nitrogens with zero attached hydrogens (tertiary/aromatic N) is 5. The molecule has 0 aliphatic carbocycles. The fourth-order valence-corrected chi connectivity index (χ4v) is 3.57. The molecule has 0 aromatic carbocycles. The Morgan fingerprint density at radius 2 is 2.24 bits per heavy atom. The summed E-state index contributed by atoms with van der Waals surface area (Å²) in [6.45, 7) is 2.83. The van der Waals surface area contributed by atoms with Crippen LogP contribution in [0.4, 0.5) is 0 Å². The van der Waals surface area contributed by atoms with E-state index in [4.69, 9.17) is 4.98 Å². The topological polar surface area (TPSA) is 63.4 Å². The minimum Gasteiger partial charge on any atom is -0.334 e. The molecule has 128 valence electrons. The van der Waals surface area contributed by atoms with E-state index in [2.05, 4.69) is 16.0 Å². The van der Waals surface area contributed by atoms with Gasteiger partial charge in [0.2, 0.25) is 11.7 Å². The molecule has 0 N–H and O–H groups in total. The van der Waals surface area contributed by atoms with Crippen LogP contribution in [0.5, 0.6) is 0 Å². The van der Waals surface area contributed by atoms with Crippen molar-refractivity contribution in [3.05, 3.63) is 59.9 Å². The van der Waals surface area contributed by atoms with Crippen molar-refractivity contribution in [2.75, 3.05) is 6.54 Å². The van der Waals surface area contributed by atoms with Gasteiger partial charge in [-0.05, 0) is 43.9 Å². The number of carbonyl (C=O) groups excluding carboxylic acids is 1. The van der Waals surface area contributed by atoms with E-state index in [-0.39, 0.29) is 11.9 Å². The molecule has 0 spiro atoms. The minimum absolute atomic E-state index is 0.0262. The first-order valence-electron chi connectivity index (χ1n) is 8.71. The quantitative estimate of drug-likeness (QED) is 0.738. The zero-order valence-electron chi connectivity index (χ0n) is 14.3. The van der Waals surface area contributed by atoms with Crippen LogP contribution in [-0.4, -0.2) is 36.7 Å². The van der Waals surface area contributed by atoms with E-state index >= 15 is 0 Å². The number of amides is 1. The molecule has 25 heavy (non-hydrogen) atoms. The third-order valence-electron chi connectivity index (χ3n) is 4.83. The highest BCUT2D eigenvalue weighted by molar-refractivity contribution is 5.79. The predicted octanol–water partition coefficient (Wildman–Crippen LogP) is 2.73. The van der Waals surface area contributed by atoms with Crippen molar-refractivity contribution in [2.24, 2.45) is 0 Å². The Morgan fingerprint density at radius 3 is 3.08 bits per heavy atom. The number of rotatable bonds is 3. The third-order valence-corrected chi connectivity index (χ3v) is 4.83. The van der Waals surface area contributed by atoms with E-state index in [1.807, 2.05) is 34.6 Å². The lowest BCUT2D eigenvalue weighted by Gasteiger charge is -2.35. The lowest BCUT2D eigenvalue weighted by molar-refractivity contribution is -0.134. The Kier molecular flexibility index (Phi) is 4.17. The molecule has 1 aliphatic rings. The Bertz CT molecular complexity index is 889. The molecule has 0 bridgehead atoms. The van der Waals surface area contributed by atoms with Gasteiger partial charge in [0.1, 0.15) is 0 Å². The molecule has 0 radical (unpaired) electrons. The number of hydrogen-bond donors (Lipinski definition) is 0. The zero-order valence-corrected chi connectivity index (χ0v) is 14.3. The van der Waals surface area contributed by atoms with Gasteiger partial charge in [0.15, 0.2) is 0 Å². The number of fused-ring (bicyclic) bond motifs is 1. The van der Waals surface area contributed by atoms with Gasteiger partial charge >= 0.3 is 0 Å². The molecular formula is C19H21N5O. The summed E-state index contributed by atoms with van der Waals surface area (Å²) >= 11 is 0. The van der Waals surface area contributed by atoms with Crippen LogP contribution < -0.4 is 0 Å². The van der Waals surface area contributed by atoms with E-state index in [9.17, 15) is 4.79 Å². The second-order valence-electron chi connectivity index (χ2n) is 6.56. The number of likely N-dealkylation sites (tertiary alicyclic amines) is 1. The highest BCUT2D eigenvalue weighted by Crippen LogP contribution is 2.31. The Labute approximate surface area is 146 Å². The molecule has 1 fully saturated rings. The molecule has 6 nitrogen and oxygen atoms in total. The number of aromatic nitrogens is 4. The summed E-state index contributed by atoms with van der Waals surface area (Å²) in [7, 11) is 0. The molecular weight excluding hydrogens is 314 g/mol. The molecule has 6 heteroatoms. The fraction of sp³-hybridized carbons (Fsp3) is 0.368. The molecule has 1 saturated heterocycles. The normalized spacial score (nSPS) is 17.8. The molecule has 3 aromatic heterocycles. The molecule has 4 rings (SSSR count). The number of imidazole rings is 1. The second-order valence-corrected chi connectivity index (χ2v) is 6.56. The minimum atomic E-state index is 0.0262. The maximum absolute atomic E-state index is 12.9. The van der Waals surface area contributed by atoms with Crippen LogP contribution in [0.1, 0.15) is 42.3 Å². The predicted molar refractivity (Wildman–Crippen MR) is 94.0 cm³/mol. The maximum Gasteiger partial charge on any atom is 0.234 e. The monoisotopic (exact) mass is 335 g/mol. The molecule has 1 amide bonds. The van der Waals surface area contributed by atoms with Crippen LogP contribution in [0, 0.1) is 6.92 Å². The van der Waals surface area contributed by atoms with Gasteiger partial charge in [-0.1, -0.05) is 6.07 Å². The summed E-state index contributed by atoms with van der Waals surface area (Å²) < 4.78 is 1.97. The van der Waals surface area contributed by atoms with Gasteiger partial charge in [-0.2, -0.15) is 0 Å². The van der Waals surface area contributed by atoms with Crippen molar-refractivity contribution in [1.82, 2.24) is 24.3 Å². The van der Waals surface area contributed by atoms with E-state index in [0.717, 1.165) is 42.8 Å². The van der Waals surface area contributed by atoms with Gasteiger partial charge in [0.05, 0.1) is 18.2 Å². The van der Waals surface area contributed by atoms with Gasteiger partial charge in [0.25, 0.3) is 0 Å². The number of piperidine rings is 1. The zero-order chi connectivity index (χ0) is 17.2. The van der Waals surface area contributed by atoms with Crippen molar-refractivity contribution in [3.63, 3.8) is 0 Å². The maximum atomic E-state index is 12.9. The van der Waals surface area contributed by atoms with Gasteiger partial charge in [-0.25, -0.2) is 9.97 Å². The average Bonchev–Trinajstić information content (AvgIpc) is 3.12. The second kappa shape index (κ2) is 6.63. The molecule has 0 saturated carbocycles. The van der Waals surface area contributed by atoms with Gasteiger partial charge in [-0.3, -0.25) is 14.2 Å². The van der Waals surface area contributed by atoms with E-state index in [0.29, 0.717) is 12.2 Å². The van der Waals surface area contributed by atoms with Crippen molar-refractivity contribution in [3.8, 4) is 0 Å². The molecule has 4 heterocycles. The van der Waals surface area contributed by atoms with Crippen molar-refractivity contribution < 1.29 is 4.79 Å². The highest BCUT2D eigenvalue weighted by atomic mass is 16.2. The number of pyridine rings is 1. The first kappa shape index (κ1) is 15.7. The van der Waals surface area contributed by atoms with Gasteiger partial charge in [-0.15, -0.1) is 0 Å². The van der Waals surface area contributed by atoms with E-state index < -0.39 is 0 Å². The SMILES string of the molecule is Cc1cc([C@H]2CCCCN2C(=O)Cc2cccnc2)nc2nccn12. The van der Waals surface area contributed by atoms with Crippen LogP contribution in [0.2, 0.25) is 0 Å². The summed E-state index contributed by atoms with van der Waals surface area (Å²) in [5, 5.41) is 0. The summed E-state index contributed by atoms with van der Waals surface area (Å²) in [6.07, 6.45) is 10.6. The first-order valence-corrected chi connectivity index (χ1v) is 8.71. The van der Waals surface area contributed by atoms with Crippen LogP contribution in [0.15, 0.2) is 43.0 Å². The number of hydrogen-bond acceptors (Lipinski definition) is 4. The molecule has 3 aromatic rings. The van der Waals surface area contributed by atoms with Crippen molar-refractivity contribution in [2.45, 2.75) is 38.6 Å². The first-order chi connectivity index (χ1) is 12.2. The van der Waals surface area contributed by atoms with Gasteiger partial charge < -0.3 is 4.90 Å². The lowest BCUT2D eigenvalue weighted by Crippen LogP contribution is -2.39. The lowest BCUT2D eigenvalue weighted by atomic mass is 9.97. The summed E-state index contributed by atoms with van der Waals surface area (Å²) in [4.78, 5) is 28.0. The van der Waals surface area contributed by atoms with Crippen LogP contribution in [0.3, 0.4) is 0 Å². The number of aryl methyl sites for hydroxylation is 1. The Hall–Kier alpha value is -2.76. The largest absolute Gasteiger partial charge is 0.334 e. The fourth-order valence-electron chi connectivity index (χ4n) is 3.57. The molecule has 1 atom stereocenters. The third kappa shape index (κ3) is 3.12. The standard InChI is InChI=1S/C19H21N5O/c1-14-11-16(22-19-21-8-10-23(14)19)17-6-2-3-9-24(17)18(25)12-15-5-4-7-20-13-15/h4-5,7-8,10-11,13,17H,2-3,6,9,12H2,1H3/t17-/m1/s1. The molecule has 1 aliphatic heterocycles. The van der Waals surface area contributed by atoms with Crippen LogP contribution >= 0.6 is 0 Å². The van der Waals surface area contributed by atoms with Crippen LogP contribution in [0.25, 0.3) is 5.78 Å². The Morgan fingerprint density at radius 1 is 1.32 bits per heavy atom.